The second-order valence-corrected chi connectivity index (χ2v) is 7.48. The lowest BCUT2D eigenvalue weighted by Gasteiger charge is -2.33. The van der Waals surface area contributed by atoms with Gasteiger partial charge in [-0.3, -0.25) is 4.79 Å². The fraction of sp³-hybridized carbons (Fsp3) is 0.217. The molecular weight excluding hydrogens is 397 g/mol. The first-order chi connectivity index (χ1) is 15.2. The quantitative estimate of drug-likeness (QED) is 0.537. The fourth-order valence-corrected chi connectivity index (χ4v) is 3.88. The van der Waals surface area contributed by atoms with Crippen LogP contribution < -0.4 is 5.32 Å². The van der Waals surface area contributed by atoms with Crippen molar-refractivity contribution in [2.45, 2.75) is 18.9 Å². The smallest absolute Gasteiger partial charge is 0.295 e. The second-order valence-electron chi connectivity index (χ2n) is 7.48. The van der Waals surface area contributed by atoms with E-state index in [4.69, 9.17) is 4.42 Å². The van der Waals surface area contributed by atoms with Crippen molar-refractivity contribution in [3.05, 3.63) is 72.3 Å². The lowest BCUT2D eigenvalue weighted by Crippen LogP contribution is -2.45. The van der Waals surface area contributed by atoms with E-state index < -0.39 is 5.82 Å². The van der Waals surface area contributed by atoms with Crippen LogP contribution in [0.4, 0.5) is 10.4 Å². The molecule has 2 aromatic heterocycles. The first kappa shape index (κ1) is 19.2. The van der Waals surface area contributed by atoms with Crippen molar-refractivity contribution < 1.29 is 13.6 Å². The number of likely N-dealkylation sites (tertiary alicyclic amines) is 1. The summed E-state index contributed by atoms with van der Waals surface area (Å²) in [5.41, 5.74) is 2.27. The minimum absolute atomic E-state index is 0.00244. The van der Waals surface area contributed by atoms with Gasteiger partial charge in [-0.25, -0.2) is 14.4 Å². The number of rotatable bonds is 4. The molecule has 1 N–H and O–H groups in total. The van der Waals surface area contributed by atoms with Gasteiger partial charge in [0.1, 0.15) is 11.3 Å². The Bertz CT molecular complexity index is 1190. The number of halogens is 1. The molecule has 3 heterocycles. The number of nitrogens with zero attached hydrogens (tertiary/aromatic N) is 4. The number of fused-ring (bicyclic) bond motifs is 1. The van der Waals surface area contributed by atoms with E-state index in [0.717, 1.165) is 18.4 Å². The largest absolute Gasteiger partial charge is 0.424 e. The molecule has 1 saturated heterocycles. The van der Waals surface area contributed by atoms with E-state index in [1.54, 1.807) is 23.4 Å². The summed E-state index contributed by atoms with van der Waals surface area (Å²) in [6, 6.07) is 13.8. The SMILES string of the molecule is O=C(c1ccc(F)cc1-c1ncccn1)N1CCC[C@@H](Nc2nc3ccccc3o2)C1. The number of para-hydroxylation sites is 2. The van der Waals surface area contributed by atoms with Crippen LogP contribution in [0.25, 0.3) is 22.5 Å². The molecule has 31 heavy (non-hydrogen) atoms. The summed E-state index contributed by atoms with van der Waals surface area (Å²) in [5.74, 6) is -0.289. The van der Waals surface area contributed by atoms with Gasteiger partial charge in [-0.1, -0.05) is 12.1 Å². The molecule has 8 heteroatoms. The molecule has 4 aromatic rings. The van der Waals surface area contributed by atoms with E-state index in [9.17, 15) is 9.18 Å². The predicted octanol–water partition coefficient (Wildman–Crippen LogP) is 4.14. The summed E-state index contributed by atoms with van der Waals surface area (Å²) in [6.45, 7) is 1.11. The number of carbonyl (C=O) groups excluding carboxylic acids is 1. The molecule has 2 aromatic carbocycles. The molecule has 1 aliphatic heterocycles. The van der Waals surface area contributed by atoms with Crippen molar-refractivity contribution in [3.8, 4) is 11.4 Å². The molecule has 0 spiro atoms. The highest BCUT2D eigenvalue weighted by Gasteiger charge is 2.27. The van der Waals surface area contributed by atoms with Gasteiger partial charge in [0, 0.05) is 37.1 Å². The van der Waals surface area contributed by atoms with Crippen LogP contribution in [0, 0.1) is 5.82 Å². The zero-order chi connectivity index (χ0) is 21.2. The minimum Gasteiger partial charge on any atom is -0.424 e. The highest BCUT2D eigenvalue weighted by atomic mass is 19.1. The van der Waals surface area contributed by atoms with Crippen LogP contribution in [0.5, 0.6) is 0 Å². The Kier molecular flexibility index (Phi) is 5.03. The summed E-state index contributed by atoms with van der Waals surface area (Å²) < 4.78 is 19.7. The van der Waals surface area contributed by atoms with Gasteiger partial charge in [-0.05, 0) is 49.2 Å². The summed E-state index contributed by atoms with van der Waals surface area (Å²) in [4.78, 5) is 27.9. The number of oxazole rings is 1. The maximum Gasteiger partial charge on any atom is 0.295 e. The molecule has 1 aliphatic rings. The fourth-order valence-electron chi connectivity index (χ4n) is 3.88. The summed E-state index contributed by atoms with van der Waals surface area (Å²) >= 11 is 0. The molecule has 0 unspecified atom stereocenters. The number of piperidine rings is 1. The van der Waals surface area contributed by atoms with Gasteiger partial charge in [0.25, 0.3) is 11.9 Å². The number of hydrogen-bond donors (Lipinski definition) is 1. The lowest BCUT2D eigenvalue weighted by molar-refractivity contribution is 0.0714. The Labute approximate surface area is 178 Å². The van der Waals surface area contributed by atoms with Crippen molar-refractivity contribution in [2.75, 3.05) is 18.4 Å². The first-order valence-electron chi connectivity index (χ1n) is 10.2. The van der Waals surface area contributed by atoms with Crippen molar-refractivity contribution in [1.29, 1.82) is 0 Å². The molecule has 0 aliphatic carbocycles. The Hall–Kier alpha value is -3.81. The third kappa shape index (κ3) is 3.96. The highest BCUT2D eigenvalue weighted by molar-refractivity contribution is 6.00. The predicted molar refractivity (Wildman–Crippen MR) is 114 cm³/mol. The molecule has 0 bridgehead atoms. The molecular formula is C23H20FN5O2. The van der Waals surface area contributed by atoms with E-state index in [2.05, 4.69) is 20.3 Å². The Morgan fingerprint density at radius 3 is 2.81 bits per heavy atom. The highest BCUT2D eigenvalue weighted by Crippen LogP contribution is 2.25. The summed E-state index contributed by atoms with van der Waals surface area (Å²) in [5, 5.41) is 3.31. The zero-order valence-corrected chi connectivity index (χ0v) is 16.7. The molecule has 1 atom stereocenters. The van der Waals surface area contributed by atoms with Gasteiger partial charge in [-0.15, -0.1) is 0 Å². The number of aromatic nitrogens is 3. The maximum atomic E-state index is 13.9. The van der Waals surface area contributed by atoms with Crippen molar-refractivity contribution in [3.63, 3.8) is 0 Å². The van der Waals surface area contributed by atoms with Crippen LogP contribution in [-0.4, -0.2) is 44.9 Å². The van der Waals surface area contributed by atoms with Crippen molar-refractivity contribution >= 4 is 23.0 Å². The standard InChI is InChI=1S/C23H20FN5O2/c24-15-8-9-17(18(13-15)21-25-10-4-11-26-21)22(30)29-12-3-5-16(14-29)27-23-28-19-6-1-2-7-20(19)31-23/h1-2,4,6-11,13,16H,3,5,12,14H2,(H,27,28)/t16-/m1/s1. The third-order valence-electron chi connectivity index (χ3n) is 5.35. The van der Waals surface area contributed by atoms with Crippen LogP contribution in [0.2, 0.25) is 0 Å². The van der Waals surface area contributed by atoms with Crippen molar-refractivity contribution in [2.24, 2.45) is 0 Å². The molecule has 1 fully saturated rings. The summed E-state index contributed by atoms with van der Waals surface area (Å²) in [6.07, 6.45) is 4.87. The van der Waals surface area contributed by atoms with Crippen LogP contribution >= 0.6 is 0 Å². The number of amides is 1. The van der Waals surface area contributed by atoms with Crippen LogP contribution in [0.1, 0.15) is 23.2 Å². The van der Waals surface area contributed by atoms with Gasteiger partial charge in [0.2, 0.25) is 0 Å². The van der Waals surface area contributed by atoms with Crippen molar-refractivity contribution in [1.82, 2.24) is 19.9 Å². The molecule has 1 amide bonds. The van der Waals surface area contributed by atoms with Gasteiger partial charge < -0.3 is 14.6 Å². The van der Waals surface area contributed by atoms with Gasteiger partial charge in [-0.2, -0.15) is 4.98 Å². The lowest BCUT2D eigenvalue weighted by atomic mass is 10.0. The Morgan fingerprint density at radius 2 is 1.97 bits per heavy atom. The number of nitrogens with one attached hydrogen (secondary N) is 1. The monoisotopic (exact) mass is 417 g/mol. The Morgan fingerprint density at radius 1 is 1.13 bits per heavy atom. The van der Waals surface area contributed by atoms with Crippen LogP contribution in [-0.2, 0) is 0 Å². The zero-order valence-electron chi connectivity index (χ0n) is 16.7. The second kappa shape index (κ2) is 8.14. The van der Waals surface area contributed by atoms with Gasteiger partial charge >= 0.3 is 0 Å². The maximum absolute atomic E-state index is 13.9. The van der Waals surface area contributed by atoms with Crippen LogP contribution in [0.3, 0.4) is 0 Å². The van der Waals surface area contributed by atoms with E-state index in [1.807, 2.05) is 24.3 Å². The normalized spacial score (nSPS) is 16.4. The third-order valence-corrected chi connectivity index (χ3v) is 5.35. The number of benzene rings is 2. The minimum atomic E-state index is -0.437. The average Bonchev–Trinajstić information content (AvgIpc) is 3.21. The molecule has 5 rings (SSSR count). The molecule has 156 valence electrons. The topological polar surface area (TPSA) is 84.2 Å². The summed E-state index contributed by atoms with van der Waals surface area (Å²) in [7, 11) is 0. The molecule has 0 saturated carbocycles. The number of carbonyl (C=O) groups is 1. The Balaban J connectivity index is 1.36. The van der Waals surface area contributed by atoms with E-state index in [-0.39, 0.29) is 11.9 Å². The average molecular weight is 417 g/mol. The first-order valence-corrected chi connectivity index (χ1v) is 10.2. The van der Waals surface area contributed by atoms with E-state index in [0.29, 0.717) is 41.6 Å². The number of anilines is 1. The molecule has 0 radical (unpaired) electrons. The van der Waals surface area contributed by atoms with E-state index >= 15 is 0 Å². The van der Waals surface area contributed by atoms with E-state index in [1.165, 1.54) is 18.2 Å². The number of hydrogen-bond acceptors (Lipinski definition) is 6. The van der Waals surface area contributed by atoms with Gasteiger partial charge in [0.15, 0.2) is 11.4 Å². The van der Waals surface area contributed by atoms with Crippen LogP contribution in [0.15, 0.2) is 65.3 Å². The molecule has 7 nitrogen and oxygen atoms in total. The van der Waals surface area contributed by atoms with Gasteiger partial charge in [0.05, 0.1) is 5.56 Å².